The van der Waals surface area contributed by atoms with Crippen LogP contribution in [0.1, 0.15) is 25.3 Å². The molecule has 2 saturated heterocycles. The Balaban J connectivity index is 1.61. The van der Waals surface area contributed by atoms with Crippen LogP contribution >= 0.6 is 0 Å². The second-order valence-electron chi connectivity index (χ2n) is 7.85. The number of benzene rings is 1. The molecule has 1 amide bonds. The monoisotopic (exact) mass is 338 g/mol. The maximum atomic E-state index is 13.3. The average Bonchev–Trinajstić information content (AvgIpc) is 3.04. The van der Waals surface area contributed by atoms with Gasteiger partial charge in [0.1, 0.15) is 0 Å². The summed E-state index contributed by atoms with van der Waals surface area (Å²) in [7, 11) is 1.87. The van der Waals surface area contributed by atoms with Gasteiger partial charge >= 0.3 is 0 Å². The lowest BCUT2D eigenvalue weighted by atomic mass is 9.72. The molecule has 2 fully saturated rings. The van der Waals surface area contributed by atoms with Crippen LogP contribution in [0.2, 0.25) is 0 Å². The second-order valence-corrected chi connectivity index (χ2v) is 7.85. The third-order valence-electron chi connectivity index (χ3n) is 6.81. The summed E-state index contributed by atoms with van der Waals surface area (Å²) in [5.74, 6) is 0.708. The number of nitrogens with one attached hydrogen (secondary N) is 1. The highest BCUT2D eigenvalue weighted by atomic mass is 16.5. The number of Topliss-reactive ketones (excluding diaryl/α,β-unsaturated/α-hetero) is 1. The maximum absolute atomic E-state index is 13.3. The van der Waals surface area contributed by atoms with E-state index in [9.17, 15) is 9.59 Å². The molecule has 5 atom stereocenters. The molecule has 5 nitrogen and oxygen atoms in total. The number of hydrogen-bond donors (Lipinski definition) is 1. The minimum Gasteiger partial charge on any atom is -0.500 e. The standard InChI is InChI=1S/C20H22N2O3/c1-11(23)13-9-25-10-14-12(13)7-18-20(8-16(14)21-18)15-5-3-4-6-17(15)22(2)19(20)24/h3-6,9,12,14,16,18,21H,7-8,10H2,1-2H3/t12-,14+,16?,18-,20-/m0/s1. The Bertz CT molecular complexity index is 817. The number of nitrogens with zero attached hydrogens (tertiary/aromatic N) is 1. The molecule has 2 bridgehead atoms. The molecule has 25 heavy (non-hydrogen) atoms. The Labute approximate surface area is 147 Å². The maximum Gasteiger partial charge on any atom is 0.239 e. The minimum absolute atomic E-state index is 0.0678. The number of ketones is 1. The lowest BCUT2D eigenvalue weighted by molar-refractivity contribution is -0.123. The van der Waals surface area contributed by atoms with Crippen LogP contribution in [-0.2, 0) is 19.7 Å². The molecule has 0 saturated carbocycles. The number of allylic oxidation sites excluding steroid dienone is 1. The fraction of sp³-hybridized carbons (Fsp3) is 0.500. The van der Waals surface area contributed by atoms with E-state index in [-0.39, 0.29) is 35.6 Å². The van der Waals surface area contributed by atoms with Crippen molar-refractivity contribution in [3.63, 3.8) is 0 Å². The first-order valence-corrected chi connectivity index (χ1v) is 9.00. The average molecular weight is 338 g/mol. The molecule has 0 aliphatic carbocycles. The Hall–Kier alpha value is -2.14. The Morgan fingerprint density at radius 3 is 2.96 bits per heavy atom. The van der Waals surface area contributed by atoms with Gasteiger partial charge in [-0.3, -0.25) is 9.59 Å². The summed E-state index contributed by atoms with van der Waals surface area (Å²) in [6.07, 6.45) is 3.24. The summed E-state index contributed by atoms with van der Waals surface area (Å²) >= 11 is 0. The topological polar surface area (TPSA) is 58.6 Å². The quantitative estimate of drug-likeness (QED) is 0.848. The largest absolute Gasteiger partial charge is 0.500 e. The molecule has 130 valence electrons. The summed E-state index contributed by atoms with van der Waals surface area (Å²) < 4.78 is 5.61. The van der Waals surface area contributed by atoms with E-state index in [4.69, 9.17) is 4.74 Å². The predicted octanol–water partition coefficient (Wildman–Crippen LogP) is 1.77. The van der Waals surface area contributed by atoms with Crippen molar-refractivity contribution in [2.45, 2.75) is 37.3 Å². The summed E-state index contributed by atoms with van der Waals surface area (Å²) in [5.41, 5.74) is 2.44. The van der Waals surface area contributed by atoms with Crippen LogP contribution < -0.4 is 10.2 Å². The summed E-state index contributed by atoms with van der Waals surface area (Å²) in [6, 6.07) is 8.41. The fourth-order valence-electron chi connectivity index (χ4n) is 5.67. The minimum atomic E-state index is -0.505. The number of carbonyl (C=O) groups is 2. The predicted molar refractivity (Wildman–Crippen MR) is 93.2 cm³/mol. The Morgan fingerprint density at radius 2 is 2.16 bits per heavy atom. The number of carbonyl (C=O) groups excluding carboxylic acids is 2. The Morgan fingerprint density at radius 1 is 1.36 bits per heavy atom. The van der Waals surface area contributed by atoms with Crippen molar-refractivity contribution in [1.29, 1.82) is 0 Å². The van der Waals surface area contributed by atoms with Gasteiger partial charge in [0.05, 0.1) is 18.3 Å². The zero-order valence-electron chi connectivity index (χ0n) is 14.5. The first-order chi connectivity index (χ1) is 12.0. The van der Waals surface area contributed by atoms with E-state index in [1.807, 2.05) is 25.2 Å². The molecule has 5 heteroatoms. The van der Waals surface area contributed by atoms with Crippen LogP contribution in [0.15, 0.2) is 36.1 Å². The smallest absolute Gasteiger partial charge is 0.239 e. The van der Waals surface area contributed by atoms with Gasteiger partial charge in [0, 0.05) is 36.3 Å². The molecule has 1 unspecified atom stereocenters. The molecule has 1 aromatic carbocycles. The molecule has 4 aliphatic rings. The summed E-state index contributed by atoms with van der Waals surface area (Å²) in [4.78, 5) is 27.2. The molecule has 4 heterocycles. The summed E-state index contributed by atoms with van der Waals surface area (Å²) in [5, 5.41) is 3.71. The van der Waals surface area contributed by atoms with Crippen molar-refractivity contribution in [2.75, 3.05) is 18.6 Å². The van der Waals surface area contributed by atoms with E-state index in [1.54, 1.807) is 18.1 Å². The number of piperidine rings is 1. The van der Waals surface area contributed by atoms with Crippen molar-refractivity contribution in [2.24, 2.45) is 11.8 Å². The van der Waals surface area contributed by atoms with E-state index in [1.165, 1.54) is 0 Å². The summed E-state index contributed by atoms with van der Waals surface area (Å²) in [6.45, 7) is 2.23. The third kappa shape index (κ3) is 1.77. The zero-order valence-corrected chi connectivity index (χ0v) is 14.5. The van der Waals surface area contributed by atoms with Gasteiger partial charge in [0.25, 0.3) is 0 Å². The van der Waals surface area contributed by atoms with Crippen LogP contribution in [0.3, 0.4) is 0 Å². The van der Waals surface area contributed by atoms with Crippen molar-refractivity contribution < 1.29 is 14.3 Å². The number of likely N-dealkylation sites (N-methyl/N-ethyl adjacent to an activating group) is 1. The van der Waals surface area contributed by atoms with Crippen LogP contribution in [0.4, 0.5) is 5.69 Å². The van der Waals surface area contributed by atoms with Crippen molar-refractivity contribution in [1.82, 2.24) is 5.32 Å². The normalized spacial score (nSPS) is 38.2. The number of anilines is 1. The molecule has 0 radical (unpaired) electrons. The number of hydrogen-bond acceptors (Lipinski definition) is 4. The number of para-hydroxylation sites is 1. The number of rotatable bonds is 1. The fourth-order valence-corrected chi connectivity index (χ4v) is 5.67. The lowest BCUT2D eigenvalue weighted by Gasteiger charge is -2.41. The number of amides is 1. The van der Waals surface area contributed by atoms with Gasteiger partial charge in [-0.15, -0.1) is 0 Å². The second kappa shape index (κ2) is 4.94. The van der Waals surface area contributed by atoms with E-state index < -0.39 is 5.41 Å². The molecule has 1 spiro atoms. The van der Waals surface area contributed by atoms with Gasteiger partial charge in [-0.1, -0.05) is 18.2 Å². The van der Waals surface area contributed by atoms with Crippen LogP contribution in [0.25, 0.3) is 0 Å². The molecular weight excluding hydrogens is 316 g/mol. The molecule has 1 aromatic rings. The SMILES string of the molecule is CC(=O)C1=COC[C@H]2C3C[C@@]4(C(=O)N(C)c5ccccc54)[C@H](C[C@@H]12)N3. The van der Waals surface area contributed by atoms with E-state index in [0.29, 0.717) is 6.61 Å². The van der Waals surface area contributed by atoms with Gasteiger partial charge in [-0.25, -0.2) is 0 Å². The Kier molecular flexibility index (Phi) is 2.99. The van der Waals surface area contributed by atoms with Gasteiger partial charge < -0.3 is 15.0 Å². The third-order valence-corrected chi connectivity index (χ3v) is 6.81. The molecule has 5 rings (SSSR count). The first kappa shape index (κ1) is 15.1. The highest BCUT2D eigenvalue weighted by Crippen LogP contribution is 2.55. The van der Waals surface area contributed by atoms with Gasteiger partial charge in [-0.05, 0) is 37.3 Å². The van der Waals surface area contributed by atoms with Crippen molar-refractivity contribution in [3.8, 4) is 0 Å². The zero-order chi connectivity index (χ0) is 17.3. The molecule has 0 aromatic heterocycles. The van der Waals surface area contributed by atoms with E-state index in [0.717, 1.165) is 29.7 Å². The van der Waals surface area contributed by atoms with Crippen LogP contribution in [-0.4, -0.2) is 37.4 Å². The van der Waals surface area contributed by atoms with Gasteiger partial charge in [-0.2, -0.15) is 0 Å². The van der Waals surface area contributed by atoms with Crippen LogP contribution in [0, 0.1) is 11.8 Å². The van der Waals surface area contributed by atoms with Crippen molar-refractivity contribution >= 4 is 17.4 Å². The molecule has 1 N–H and O–H groups in total. The first-order valence-electron chi connectivity index (χ1n) is 9.00. The van der Waals surface area contributed by atoms with Gasteiger partial charge in [0.15, 0.2) is 5.78 Å². The highest BCUT2D eigenvalue weighted by molar-refractivity contribution is 6.08. The van der Waals surface area contributed by atoms with Gasteiger partial charge in [0.2, 0.25) is 5.91 Å². The number of ether oxygens (including phenoxy) is 1. The van der Waals surface area contributed by atoms with E-state index >= 15 is 0 Å². The molecular formula is C20H22N2O3. The highest BCUT2D eigenvalue weighted by Gasteiger charge is 2.63. The number of fused-ring (bicyclic) bond motifs is 7. The van der Waals surface area contributed by atoms with Crippen molar-refractivity contribution in [3.05, 3.63) is 41.7 Å². The molecule has 4 aliphatic heterocycles. The van der Waals surface area contributed by atoms with E-state index in [2.05, 4.69) is 11.4 Å². The van der Waals surface area contributed by atoms with Crippen LogP contribution in [0.5, 0.6) is 0 Å². The lowest BCUT2D eigenvalue weighted by Crippen LogP contribution is -2.53.